The van der Waals surface area contributed by atoms with E-state index in [9.17, 15) is 18.0 Å². The van der Waals surface area contributed by atoms with Crippen molar-refractivity contribution < 1.29 is 18.0 Å². The quantitative estimate of drug-likeness (QED) is 0.351. The summed E-state index contributed by atoms with van der Waals surface area (Å²) >= 11 is 6.09. The predicted molar refractivity (Wildman–Crippen MR) is 121 cm³/mol. The molecule has 12 heteroatoms. The van der Waals surface area contributed by atoms with Crippen LogP contribution in [0.5, 0.6) is 0 Å². The van der Waals surface area contributed by atoms with Crippen LogP contribution in [0.3, 0.4) is 0 Å². The van der Waals surface area contributed by atoms with E-state index < -0.39 is 24.7 Å². The van der Waals surface area contributed by atoms with E-state index in [2.05, 4.69) is 25.3 Å². The summed E-state index contributed by atoms with van der Waals surface area (Å²) in [4.78, 5) is 28.9. The summed E-state index contributed by atoms with van der Waals surface area (Å²) in [6.07, 6.45) is -1.45. The second-order valence-corrected chi connectivity index (χ2v) is 7.83. The van der Waals surface area contributed by atoms with Gasteiger partial charge in [-0.05, 0) is 24.6 Å². The number of H-pyrrole nitrogens is 1. The molecule has 3 heterocycles. The number of fused-ring (bicyclic) bond motifs is 2. The number of aromatic nitrogens is 4. The van der Waals surface area contributed by atoms with Gasteiger partial charge < -0.3 is 15.6 Å². The van der Waals surface area contributed by atoms with Crippen LogP contribution in [0.25, 0.3) is 33.3 Å². The molecule has 0 aliphatic rings. The van der Waals surface area contributed by atoms with Gasteiger partial charge in [0.1, 0.15) is 24.1 Å². The van der Waals surface area contributed by atoms with Gasteiger partial charge in [-0.25, -0.2) is 15.0 Å². The van der Waals surface area contributed by atoms with Gasteiger partial charge in [-0.3, -0.25) is 4.79 Å². The highest BCUT2D eigenvalue weighted by Crippen LogP contribution is 2.31. The Labute approximate surface area is 196 Å². The standard InChI is InChI=1S/C22H17ClF3N7O/c23-12-8-14-15(10-29-18(14)28-9-12)20-31-16-5-2-1-4-13(16)19(33-20)32-17(6-3-7-27)21(34)30-11-22(24,25)26/h1-2,4-5,8-10,17H,3,6,11H2,(H,28,29)(H,30,34)(H,31,32,33)/t17-/m0/s1. The molecule has 4 rings (SSSR count). The van der Waals surface area contributed by atoms with E-state index in [4.69, 9.17) is 16.9 Å². The van der Waals surface area contributed by atoms with Crippen LogP contribution >= 0.6 is 11.6 Å². The van der Waals surface area contributed by atoms with Gasteiger partial charge in [0.05, 0.1) is 16.6 Å². The maximum absolute atomic E-state index is 12.6. The minimum atomic E-state index is -4.56. The van der Waals surface area contributed by atoms with Gasteiger partial charge in [0.15, 0.2) is 5.82 Å². The molecule has 0 saturated heterocycles. The summed E-state index contributed by atoms with van der Waals surface area (Å²) in [5.41, 5.74) is 1.73. The Kier molecular flexibility index (Phi) is 6.51. The van der Waals surface area contributed by atoms with E-state index in [1.807, 2.05) is 11.4 Å². The molecule has 0 spiro atoms. The summed E-state index contributed by atoms with van der Waals surface area (Å²) in [6.45, 7) is -1.48. The van der Waals surface area contributed by atoms with Crippen molar-refractivity contribution in [1.82, 2.24) is 25.3 Å². The summed E-state index contributed by atoms with van der Waals surface area (Å²) in [5, 5.41) is 15.4. The number of hydrogen-bond donors (Lipinski definition) is 3. The van der Waals surface area contributed by atoms with Gasteiger partial charge >= 0.3 is 6.18 Å². The highest BCUT2D eigenvalue weighted by atomic mass is 35.5. The maximum Gasteiger partial charge on any atom is 0.405 e. The molecule has 0 fully saturated rings. The molecule has 0 bridgehead atoms. The number of carbonyl (C=O) groups excluding carboxylic acids is 1. The Bertz CT molecular complexity index is 1400. The number of nitrogens with one attached hydrogen (secondary N) is 3. The molecule has 174 valence electrons. The number of anilines is 1. The lowest BCUT2D eigenvalue weighted by Crippen LogP contribution is -2.43. The molecule has 1 amide bonds. The zero-order valence-corrected chi connectivity index (χ0v) is 18.2. The fraction of sp³-hybridized carbons (Fsp3) is 0.227. The first-order valence-electron chi connectivity index (χ1n) is 10.1. The molecule has 0 aliphatic carbocycles. The number of amides is 1. The molecule has 34 heavy (non-hydrogen) atoms. The molecule has 0 saturated carbocycles. The van der Waals surface area contributed by atoms with Crippen LogP contribution in [0.2, 0.25) is 5.02 Å². The van der Waals surface area contributed by atoms with E-state index in [0.29, 0.717) is 38.3 Å². The van der Waals surface area contributed by atoms with Crippen LogP contribution < -0.4 is 10.6 Å². The van der Waals surface area contributed by atoms with E-state index in [0.717, 1.165) is 0 Å². The Hall–Kier alpha value is -3.91. The summed E-state index contributed by atoms with van der Waals surface area (Å²) in [5.74, 6) is -0.346. The van der Waals surface area contributed by atoms with Crippen molar-refractivity contribution in [1.29, 1.82) is 5.26 Å². The minimum Gasteiger partial charge on any atom is -0.358 e. The minimum absolute atomic E-state index is 0.0134. The molecule has 8 nitrogen and oxygen atoms in total. The molecular weight excluding hydrogens is 471 g/mol. The molecule has 3 N–H and O–H groups in total. The Balaban J connectivity index is 1.75. The number of nitriles is 1. The average molecular weight is 488 g/mol. The topological polar surface area (TPSA) is 119 Å². The lowest BCUT2D eigenvalue weighted by molar-refractivity contribution is -0.138. The fourth-order valence-electron chi connectivity index (χ4n) is 3.42. The first-order chi connectivity index (χ1) is 16.2. The highest BCUT2D eigenvalue weighted by molar-refractivity contribution is 6.31. The molecule has 4 aromatic rings. The van der Waals surface area contributed by atoms with Gasteiger partial charge in [0.25, 0.3) is 0 Å². The van der Waals surface area contributed by atoms with Crippen molar-refractivity contribution in [2.45, 2.75) is 25.1 Å². The van der Waals surface area contributed by atoms with Crippen molar-refractivity contribution >= 4 is 45.3 Å². The first kappa shape index (κ1) is 23.3. The van der Waals surface area contributed by atoms with Crippen LogP contribution in [0.1, 0.15) is 12.8 Å². The first-order valence-corrected chi connectivity index (χ1v) is 10.5. The zero-order chi connectivity index (χ0) is 24.3. The third-order valence-corrected chi connectivity index (χ3v) is 5.18. The monoisotopic (exact) mass is 487 g/mol. The smallest absolute Gasteiger partial charge is 0.358 e. The summed E-state index contributed by atoms with van der Waals surface area (Å²) in [7, 11) is 0. The number of alkyl halides is 3. The van der Waals surface area contributed by atoms with Gasteiger partial charge in [-0.2, -0.15) is 18.4 Å². The molecule has 0 radical (unpaired) electrons. The number of carbonyl (C=O) groups is 1. The molecular formula is C22H17ClF3N7O. The van der Waals surface area contributed by atoms with Crippen LogP contribution in [0.15, 0.2) is 42.7 Å². The van der Waals surface area contributed by atoms with Gasteiger partial charge in [-0.15, -0.1) is 0 Å². The Morgan fingerprint density at radius 1 is 1.24 bits per heavy atom. The fourth-order valence-corrected chi connectivity index (χ4v) is 3.58. The SMILES string of the molecule is N#CCC[C@H](Nc1nc(-c2c[nH]c3ncc(Cl)cc23)nc2ccccc12)C(=O)NCC(F)(F)F. The lowest BCUT2D eigenvalue weighted by atomic mass is 10.1. The third kappa shape index (κ3) is 5.18. The Morgan fingerprint density at radius 2 is 2.03 bits per heavy atom. The molecule has 0 unspecified atom stereocenters. The van der Waals surface area contributed by atoms with E-state index in [1.165, 1.54) is 6.20 Å². The second-order valence-electron chi connectivity index (χ2n) is 7.39. The molecule has 0 aliphatic heterocycles. The van der Waals surface area contributed by atoms with E-state index >= 15 is 0 Å². The van der Waals surface area contributed by atoms with Gasteiger partial charge in [0, 0.05) is 35.2 Å². The number of rotatable bonds is 7. The number of halogens is 4. The van der Waals surface area contributed by atoms with Crippen molar-refractivity contribution in [2.75, 3.05) is 11.9 Å². The van der Waals surface area contributed by atoms with Crippen LogP contribution in [0, 0.1) is 11.3 Å². The molecule has 1 aromatic carbocycles. The van der Waals surface area contributed by atoms with Crippen molar-refractivity contribution in [2.24, 2.45) is 0 Å². The van der Waals surface area contributed by atoms with Crippen LogP contribution in [-0.4, -0.2) is 44.6 Å². The normalized spacial score (nSPS) is 12.4. The number of aromatic amines is 1. The van der Waals surface area contributed by atoms with E-state index in [1.54, 1.807) is 36.5 Å². The van der Waals surface area contributed by atoms with Gasteiger partial charge in [-0.1, -0.05) is 23.7 Å². The van der Waals surface area contributed by atoms with Crippen molar-refractivity contribution in [3.8, 4) is 17.5 Å². The maximum atomic E-state index is 12.6. The third-order valence-electron chi connectivity index (χ3n) is 4.98. The second kappa shape index (κ2) is 9.52. The van der Waals surface area contributed by atoms with Gasteiger partial charge in [0.2, 0.25) is 5.91 Å². The number of pyridine rings is 1. The zero-order valence-electron chi connectivity index (χ0n) is 17.4. The largest absolute Gasteiger partial charge is 0.405 e. The van der Waals surface area contributed by atoms with Crippen molar-refractivity contribution in [3.05, 3.63) is 47.7 Å². The van der Waals surface area contributed by atoms with E-state index in [-0.39, 0.29) is 18.7 Å². The average Bonchev–Trinajstić information content (AvgIpc) is 3.22. The van der Waals surface area contributed by atoms with Crippen molar-refractivity contribution in [3.63, 3.8) is 0 Å². The number of hydrogen-bond acceptors (Lipinski definition) is 6. The highest BCUT2D eigenvalue weighted by Gasteiger charge is 2.30. The number of benzene rings is 1. The van der Waals surface area contributed by atoms with Crippen LogP contribution in [-0.2, 0) is 4.79 Å². The molecule has 1 atom stereocenters. The number of para-hydroxylation sites is 1. The lowest BCUT2D eigenvalue weighted by Gasteiger charge is -2.20. The molecule has 3 aromatic heterocycles. The van der Waals surface area contributed by atoms with Crippen LogP contribution in [0.4, 0.5) is 19.0 Å². The predicted octanol–water partition coefficient (Wildman–Crippen LogP) is 4.59. The number of nitrogens with zero attached hydrogens (tertiary/aromatic N) is 4. The summed E-state index contributed by atoms with van der Waals surface area (Å²) in [6, 6.07) is 9.50. The summed E-state index contributed by atoms with van der Waals surface area (Å²) < 4.78 is 37.8. The Morgan fingerprint density at radius 3 is 2.79 bits per heavy atom.